The molecule has 13 heteroatoms. The molecule has 0 spiro atoms. The molecule has 0 unspecified atom stereocenters. The van der Waals surface area contributed by atoms with Crippen LogP contribution in [0.4, 0.5) is 21.6 Å². The Morgan fingerprint density at radius 3 is 2.61 bits per heavy atom. The van der Waals surface area contributed by atoms with Crippen LogP contribution in [0.2, 0.25) is 0 Å². The summed E-state index contributed by atoms with van der Waals surface area (Å²) in [5, 5.41) is 14.1. The predicted octanol–water partition coefficient (Wildman–Crippen LogP) is 3.68. The van der Waals surface area contributed by atoms with Gasteiger partial charge in [0.05, 0.1) is 43.3 Å². The molecule has 2 aliphatic rings. The highest BCUT2D eigenvalue weighted by atomic mass is 19.1. The summed E-state index contributed by atoms with van der Waals surface area (Å²) in [4.78, 5) is 40.9. The van der Waals surface area contributed by atoms with Gasteiger partial charge < -0.3 is 29.0 Å². The standard InChI is InChI=1S/C36H35FN8O4/c1-22-17-42(25-20-49-21-25)10-11-43(22)24-6-7-33(39-16-24)40-30-14-23(18-41(2)35(30)47)26-8-9-38-34(28(26)19-46)45-13-12-44-31-5-3-4-29(37)27(31)15-32(44)36(45)48/h3-9,12-16,18,22,25,46H,10-11,17,19-21H2,1-2H3,(H,39,40)/t22-/m0/s1. The van der Waals surface area contributed by atoms with Crippen molar-refractivity contribution < 1.29 is 14.2 Å². The first-order chi connectivity index (χ1) is 23.8. The summed E-state index contributed by atoms with van der Waals surface area (Å²) in [5.41, 5.74) is 3.10. The number of halogens is 1. The quantitative estimate of drug-likeness (QED) is 0.264. The molecule has 0 aliphatic carbocycles. The minimum Gasteiger partial charge on any atom is -0.392 e. The lowest BCUT2D eigenvalue weighted by molar-refractivity contribution is -0.0691. The van der Waals surface area contributed by atoms with Gasteiger partial charge in [0.2, 0.25) is 0 Å². The van der Waals surface area contributed by atoms with Crippen LogP contribution in [-0.4, -0.2) is 78.4 Å². The molecule has 49 heavy (non-hydrogen) atoms. The molecule has 1 atom stereocenters. The highest BCUT2D eigenvalue weighted by molar-refractivity contribution is 5.87. The molecule has 8 rings (SSSR count). The van der Waals surface area contributed by atoms with Crippen LogP contribution in [0, 0.1) is 5.82 Å². The molecule has 2 N–H and O–H groups in total. The lowest BCUT2D eigenvalue weighted by Gasteiger charge is -2.46. The molecule has 7 heterocycles. The van der Waals surface area contributed by atoms with Crippen LogP contribution in [0.15, 0.2) is 89.1 Å². The molecule has 2 fully saturated rings. The molecule has 0 radical (unpaired) electrons. The average Bonchev–Trinajstić information content (AvgIpc) is 3.47. The molecule has 2 saturated heterocycles. The Balaban J connectivity index is 1.09. The summed E-state index contributed by atoms with van der Waals surface area (Å²) < 4.78 is 24.3. The maximum Gasteiger partial charge on any atom is 0.280 e. The highest BCUT2D eigenvalue weighted by Gasteiger charge is 2.32. The number of nitrogens with one attached hydrogen (secondary N) is 1. The van der Waals surface area contributed by atoms with E-state index in [2.05, 4.69) is 32.0 Å². The number of fused-ring (bicyclic) bond motifs is 3. The van der Waals surface area contributed by atoms with Crippen molar-refractivity contribution in [1.29, 1.82) is 0 Å². The van der Waals surface area contributed by atoms with Gasteiger partial charge in [0, 0.05) is 74.0 Å². The number of aliphatic hydroxyl groups excluding tert-OH is 1. The van der Waals surface area contributed by atoms with E-state index in [-0.39, 0.29) is 16.9 Å². The van der Waals surface area contributed by atoms with Gasteiger partial charge in [-0.05, 0) is 55.0 Å². The summed E-state index contributed by atoms with van der Waals surface area (Å²) in [6.07, 6.45) is 8.27. The van der Waals surface area contributed by atoms with Crippen molar-refractivity contribution in [3.8, 4) is 16.9 Å². The Morgan fingerprint density at radius 2 is 1.88 bits per heavy atom. The molecule has 5 aromatic heterocycles. The van der Waals surface area contributed by atoms with E-state index in [1.54, 1.807) is 60.5 Å². The molecule has 6 aromatic rings. The SMILES string of the molecule is C[C@H]1CN(C2COC2)CCN1c1ccc(Nc2cc(-c3ccnc(-n4ccn5c(cc6c(F)cccc65)c4=O)c3CO)cn(C)c2=O)nc1. The Bertz CT molecular complexity index is 2330. The van der Waals surface area contributed by atoms with Gasteiger partial charge in [-0.2, -0.15) is 0 Å². The summed E-state index contributed by atoms with van der Waals surface area (Å²) in [6, 6.07) is 14.4. The second kappa shape index (κ2) is 12.3. The number of nitrogens with zero attached hydrogens (tertiary/aromatic N) is 7. The molecule has 2 aliphatic heterocycles. The van der Waals surface area contributed by atoms with Crippen molar-refractivity contribution in [2.24, 2.45) is 7.05 Å². The third-order valence-corrected chi connectivity index (χ3v) is 9.68. The van der Waals surface area contributed by atoms with Crippen molar-refractivity contribution >= 4 is 33.6 Å². The molecule has 12 nitrogen and oxygen atoms in total. The van der Waals surface area contributed by atoms with E-state index in [1.807, 2.05) is 18.3 Å². The third kappa shape index (κ3) is 5.36. The number of hydrogen-bond acceptors (Lipinski definition) is 9. The lowest BCUT2D eigenvalue weighted by Crippen LogP contribution is -2.59. The second-order valence-corrected chi connectivity index (χ2v) is 12.7. The van der Waals surface area contributed by atoms with Crippen molar-refractivity contribution in [1.82, 2.24) is 28.4 Å². The summed E-state index contributed by atoms with van der Waals surface area (Å²) in [7, 11) is 1.65. The summed E-state index contributed by atoms with van der Waals surface area (Å²) in [6.45, 7) is 6.25. The van der Waals surface area contributed by atoms with Crippen LogP contribution in [0.1, 0.15) is 12.5 Å². The predicted molar refractivity (Wildman–Crippen MR) is 185 cm³/mol. The number of aromatic nitrogens is 5. The zero-order valence-electron chi connectivity index (χ0n) is 27.1. The Hall–Kier alpha value is -5.37. The van der Waals surface area contributed by atoms with E-state index in [9.17, 15) is 19.1 Å². The Kier molecular flexibility index (Phi) is 7.74. The number of hydrogen-bond donors (Lipinski definition) is 2. The number of pyridine rings is 3. The highest BCUT2D eigenvalue weighted by Crippen LogP contribution is 2.30. The molecule has 0 bridgehead atoms. The van der Waals surface area contributed by atoms with Crippen LogP contribution in [0.25, 0.3) is 33.4 Å². The van der Waals surface area contributed by atoms with Crippen LogP contribution >= 0.6 is 0 Å². The normalized spacial score (nSPS) is 17.1. The monoisotopic (exact) mass is 662 g/mol. The number of ether oxygens (including phenoxy) is 1. The maximum absolute atomic E-state index is 14.5. The largest absolute Gasteiger partial charge is 0.392 e. The van der Waals surface area contributed by atoms with E-state index >= 15 is 0 Å². The number of anilines is 3. The number of aryl methyl sites for hydroxylation is 1. The molecule has 0 saturated carbocycles. The van der Waals surface area contributed by atoms with E-state index in [4.69, 9.17) is 4.74 Å². The fourth-order valence-electron chi connectivity index (χ4n) is 7.00. The van der Waals surface area contributed by atoms with Gasteiger partial charge in [0.1, 0.15) is 28.7 Å². The average molecular weight is 663 g/mol. The van der Waals surface area contributed by atoms with E-state index in [0.717, 1.165) is 38.5 Å². The van der Waals surface area contributed by atoms with Crippen molar-refractivity contribution in [3.63, 3.8) is 0 Å². The van der Waals surface area contributed by atoms with Crippen molar-refractivity contribution in [2.75, 3.05) is 43.1 Å². The van der Waals surface area contributed by atoms with E-state index in [0.29, 0.717) is 51.2 Å². The van der Waals surface area contributed by atoms with E-state index < -0.39 is 18.0 Å². The number of rotatable bonds is 7. The molecule has 250 valence electrons. The number of benzene rings is 1. The van der Waals surface area contributed by atoms with Crippen LogP contribution in [0.3, 0.4) is 0 Å². The fraction of sp³-hybridized carbons (Fsp3) is 0.278. The third-order valence-electron chi connectivity index (χ3n) is 9.68. The van der Waals surface area contributed by atoms with Crippen molar-refractivity contribution in [2.45, 2.75) is 25.6 Å². The second-order valence-electron chi connectivity index (χ2n) is 12.7. The van der Waals surface area contributed by atoms with Gasteiger partial charge in [-0.1, -0.05) is 6.07 Å². The Labute approximate surface area is 280 Å². The van der Waals surface area contributed by atoms with Gasteiger partial charge in [-0.15, -0.1) is 0 Å². The Morgan fingerprint density at radius 1 is 1.02 bits per heavy atom. The van der Waals surface area contributed by atoms with Gasteiger partial charge in [-0.3, -0.25) is 19.1 Å². The molecule has 0 amide bonds. The minimum atomic E-state index is -0.427. The zero-order valence-corrected chi connectivity index (χ0v) is 27.1. The van der Waals surface area contributed by atoms with Gasteiger partial charge >= 0.3 is 0 Å². The van der Waals surface area contributed by atoms with Gasteiger partial charge in [0.15, 0.2) is 0 Å². The first kappa shape index (κ1) is 30.9. The molecule has 1 aromatic carbocycles. The molecular weight excluding hydrogens is 627 g/mol. The van der Waals surface area contributed by atoms with Crippen LogP contribution < -0.4 is 21.3 Å². The zero-order chi connectivity index (χ0) is 33.8. The first-order valence-corrected chi connectivity index (χ1v) is 16.2. The topological polar surface area (TPSA) is 122 Å². The summed E-state index contributed by atoms with van der Waals surface area (Å²) >= 11 is 0. The lowest BCUT2D eigenvalue weighted by atomic mass is 10.0. The maximum atomic E-state index is 14.5. The number of piperazine rings is 1. The van der Waals surface area contributed by atoms with Crippen LogP contribution in [-0.2, 0) is 18.4 Å². The summed E-state index contributed by atoms with van der Waals surface area (Å²) in [5.74, 6) is 0.330. The van der Waals surface area contributed by atoms with Crippen molar-refractivity contribution in [3.05, 3.63) is 112 Å². The van der Waals surface area contributed by atoms with Crippen LogP contribution in [0.5, 0.6) is 0 Å². The molecular formula is C36H35FN8O4. The van der Waals surface area contributed by atoms with Gasteiger partial charge in [0.25, 0.3) is 11.1 Å². The smallest absolute Gasteiger partial charge is 0.280 e. The first-order valence-electron chi connectivity index (χ1n) is 16.2. The fourth-order valence-corrected chi connectivity index (χ4v) is 7.00. The number of aliphatic hydroxyl groups is 1. The van der Waals surface area contributed by atoms with Gasteiger partial charge in [-0.25, -0.2) is 14.4 Å². The van der Waals surface area contributed by atoms with E-state index in [1.165, 1.54) is 21.3 Å². The minimum absolute atomic E-state index is 0.231.